The number of nitrogens with one attached hydrogen (secondary N) is 1. The number of likely N-dealkylation sites (N-methyl/N-ethyl adjacent to an activating group) is 1. The Hall–Kier alpha value is -0.560. The largest absolute Gasteiger partial charge is 0.324 e. The number of hydrogen-bond acceptors (Lipinski definition) is 4. The van der Waals surface area contributed by atoms with Gasteiger partial charge in [0.1, 0.15) is 0 Å². The van der Waals surface area contributed by atoms with Crippen LogP contribution in [0.25, 0.3) is 0 Å². The number of nitrogens with zero attached hydrogens (tertiary/aromatic N) is 2. The molecular formula is C16H27Cl3N4O. The van der Waals surface area contributed by atoms with Crippen molar-refractivity contribution in [2.24, 2.45) is 5.73 Å². The van der Waals surface area contributed by atoms with Crippen molar-refractivity contribution in [2.75, 3.05) is 38.5 Å². The molecule has 8 heteroatoms. The lowest BCUT2D eigenvalue weighted by molar-refractivity contribution is -0.118. The molecule has 2 aliphatic rings. The van der Waals surface area contributed by atoms with Gasteiger partial charge >= 0.3 is 0 Å². The average molecular weight is 398 g/mol. The molecule has 3 N–H and O–H groups in total. The molecule has 0 aromatic heterocycles. The minimum absolute atomic E-state index is 0. The monoisotopic (exact) mass is 396 g/mol. The van der Waals surface area contributed by atoms with Crippen LogP contribution >= 0.6 is 37.2 Å². The molecule has 1 saturated carbocycles. The van der Waals surface area contributed by atoms with Gasteiger partial charge in [0.25, 0.3) is 0 Å². The third-order valence-corrected chi connectivity index (χ3v) is 4.43. The highest BCUT2D eigenvalue weighted by Gasteiger charge is 2.45. The fourth-order valence-electron chi connectivity index (χ4n) is 2.63. The zero-order valence-electron chi connectivity index (χ0n) is 13.9. The summed E-state index contributed by atoms with van der Waals surface area (Å²) >= 11 is 0. The summed E-state index contributed by atoms with van der Waals surface area (Å²) in [5.41, 5.74) is 7.38. The number of rotatable bonds is 4. The third-order valence-electron chi connectivity index (χ3n) is 4.43. The SMILES string of the molecule is CN1CCN(Cc2cccc(NC(=O)C3(N)CC3)c2)CC1.Cl.Cl.Cl. The van der Waals surface area contributed by atoms with Gasteiger partial charge in [0.15, 0.2) is 0 Å². The summed E-state index contributed by atoms with van der Waals surface area (Å²) in [6, 6.07) is 8.10. The average Bonchev–Trinajstić information content (AvgIpc) is 3.21. The number of piperazine rings is 1. The van der Waals surface area contributed by atoms with Crippen molar-refractivity contribution in [3.05, 3.63) is 29.8 Å². The molecule has 1 aromatic rings. The highest BCUT2D eigenvalue weighted by molar-refractivity contribution is 6.00. The van der Waals surface area contributed by atoms with E-state index in [9.17, 15) is 4.79 Å². The molecule has 2 fully saturated rings. The minimum atomic E-state index is -0.618. The van der Waals surface area contributed by atoms with Crippen LogP contribution < -0.4 is 11.1 Å². The zero-order chi connectivity index (χ0) is 14.9. The Kier molecular flexibility index (Phi) is 9.57. The summed E-state index contributed by atoms with van der Waals surface area (Å²) in [6.07, 6.45) is 1.58. The van der Waals surface area contributed by atoms with E-state index in [2.05, 4.69) is 34.3 Å². The maximum Gasteiger partial charge on any atom is 0.244 e. The van der Waals surface area contributed by atoms with Crippen LogP contribution in [-0.4, -0.2) is 54.5 Å². The van der Waals surface area contributed by atoms with E-state index in [1.54, 1.807) is 0 Å². The van der Waals surface area contributed by atoms with Crippen LogP contribution in [-0.2, 0) is 11.3 Å². The molecule has 1 aromatic carbocycles. The zero-order valence-corrected chi connectivity index (χ0v) is 16.3. The highest BCUT2D eigenvalue weighted by atomic mass is 35.5. The second-order valence-corrected chi connectivity index (χ2v) is 6.39. The quantitative estimate of drug-likeness (QED) is 0.817. The van der Waals surface area contributed by atoms with Gasteiger partial charge < -0.3 is 16.0 Å². The Bertz CT molecular complexity index is 532. The van der Waals surface area contributed by atoms with Gasteiger partial charge in [0.2, 0.25) is 5.91 Å². The van der Waals surface area contributed by atoms with Crippen LogP contribution in [0.3, 0.4) is 0 Å². The lowest BCUT2D eigenvalue weighted by Crippen LogP contribution is -2.43. The molecule has 0 spiro atoms. The topological polar surface area (TPSA) is 61.6 Å². The van der Waals surface area contributed by atoms with Crippen LogP contribution in [0.5, 0.6) is 0 Å². The van der Waals surface area contributed by atoms with Gasteiger partial charge in [-0.15, -0.1) is 37.2 Å². The fraction of sp³-hybridized carbons (Fsp3) is 0.562. The van der Waals surface area contributed by atoms with Crippen LogP contribution in [0.1, 0.15) is 18.4 Å². The number of carbonyl (C=O) groups excluding carboxylic acids is 1. The molecule has 1 amide bonds. The molecule has 0 atom stereocenters. The molecule has 24 heavy (non-hydrogen) atoms. The Morgan fingerprint density at radius 1 is 1.17 bits per heavy atom. The van der Waals surface area contributed by atoms with Crippen molar-refractivity contribution >= 4 is 48.8 Å². The predicted molar refractivity (Wildman–Crippen MR) is 106 cm³/mol. The Morgan fingerprint density at radius 2 is 1.79 bits per heavy atom. The first-order valence-corrected chi connectivity index (χ1v) is 7.65. The smallest absolute Gasteiger partial charge is 0.244 e. The summed E-state index contributed by atoms with van der Waals surface area (Å²) < 4.78 is 0. The van der Waals surface area contributed by atoms with Crippen LogP contribution in [0.15, 0.2) is 24.3 Å². The maximum absolute atomic E-state index is 12.0. The Balaban J connectivity index is 0.00000176. The first kappa shape index (κ1) is 23.4. The van der Waals surface area contributed by atoms with E-state index in [-0.39, 0.29) is 43.1 Å². The lowest BCUT2D eigenvalue weighted by atomic mass is 10.1. The van der Waals surface area contributed by atoms with Gasteiger partial charge in [0, 0.05) is 38.4 Å². The maximum atomic E-state index is 12.0. The number of benzene rings is 1. The molecule has 1 saturated heterocycles. The molecule has 0 unspecified atom stereocenters. The molecule has 0 bridgehead atoms. The number of nitrogens with two attached hydrogens (primary N) is 1. The number of hydrogen-bond donors (Lipinski definition) is 2. The van der Waals surface area contributed by atoms with E-state index < -0.39 is 5.54 Å². The third kappa shape index (κ3) is 6.06. The van der Waals surface area contributed by atoms with E-state index in [0.717, 1.165) is 51.3 Å². The highest BCUT2D eigenvalue weighted by Crippen LogP contribution is 2.33. The number of carbonyl (C=O) groups is 1. The van der Waals surface area contributed by atoms with Gasteiger partial charge in [-0.1, -0.05) is 12.1 Å². The normalized spacial score (nSPS) is 19.2. The van der Waals surface area contributed by atoms with Crippen LogP contribution in [0, 0.1) is 0 Å². The van der Waals surface area contributed by atoms with Crippen molar-refractivity contribution in [3.8, 4) is 0 Å². The standard InChI is InChI=1S/C16H24N4O.3ClH/c1-19-7-9-20(10-8-19)12-13-3-2-4-14(11-13)18-15(21)16(17)5-6-16;;;/h2-4,11H,5-10,12,17H2,1H3,(H,18,21);3*1H. The molecule has 3 rings (SSSR count). The Labute approximate surface area is 162 Å². The summed E-state index contributed by atoms with van der Waals surface area (Å²) in [5, 5.41) is 2.94. The molecule has 1 aliphatic heterocycles. The van der Waals surface area contributed by atoms with E-state index in [1.807, 2.05) is 12.1 Å². The van der Waals surface area contributed by atoms with Crippen LogP contribution in [0.4, 0.5) is 5.69 Å². The number of halogens is 3. The summed E-state index contributed by atoms with van der Waals surface area (Å²) in [7, 11) is 2.16. The van der Waals surface area contributed by atoms with E-state index in [0.29, 0.717) is 0 Å². The van der Waals surface area contributed by atoms with Crippen molar-refractivity contribution in [2.45, 2.75) is 24.9 Å². The van der Waals surface area contributed by atoms with Crippen molar-refractivity contribution in [1.82, 2.24) is 9.80 Å². The van der Waals surface area contributed by atoms with Gasteiger partial charge in [-0.25, -0.2) is 0 Å². The van der Waals surface area contributed by atoms with Gasteiger partial charge in [-0.05, 0) is 37.6 Å². The molecular weight excluding hydrogens is 371 g/mol. The second-order valence-electron chi connectivity index (χ2n) is 6.39. The van der Waals surface area contributed by atoms with Gasteiger partial charge in [-0.2, -0.15) is 0 Å². The summed E-state index contributed by atoms with van der Waals surface area (Å²) in [6.45, 7) is 5.36. The lowest BCUT2D eigenvalue weighted by Gasteiger charge is -2.32. The minimum Gasteiger partial charge on any atom is -0.324 e. The van der Waals surface area contributed by atoms with Crippen molar-refractivity contribution < 1.29 is 4.79 Å². The second kappa shape index (κ2) is 9.80. The van der Waals surface area contributed by atoms with E-state index >= 15 is 0 Å². The van der Waals surface area contributed by atoms with Crippen molar-refractivity contribution in [1.29, 1.82) is 0 Å². The molecule has 5 nitrogen and oxygen atoms in total. The fourth-order valence-corrected chi connectivity index (χ4v) is 2.63. The summed E-state index contributed by atoms with van der Waals surface area (Å²) in [4.78, 5) is 16.8. The van der Waals surface area contributed by atoms with E-state index in [4.69, 9.17) is 5.73 Å². The van der Waals surface area contributed by atoms with Crippen LogP contribution in [0.2, 0.25) is 0 Å². The molecule has 1 aliphatic carbocycles. The van der Waals surface area contributed by atoms with Gasteiger partial charge in [0.05, 0.1) is 5.54 Å². The molecule has 1 heterocycles. The number of amides is 1. The molecule has 138 valence electrons. The first-order valence-electron chi connectivity index (χ1n) is 7.65. The van der Waals surface area contributed by atoms with Crippen molar-refractivity contribution in [3.63, 3.8) is 0 Å². The summed E-state index contributed by atoms with van der Waals surface area (Å²) in [5.74, 6) is -0.0563. The first-order chi connectivity index (χ1) is 10.0. The Morgan fingerprint density at radius 3 is 2.38 bits per heavy atom. The number of anilines is 1. The molecule has 0 radical (unpaired) electrons. The van der Waals surface area contributed by atoms with Gasteiger partial charge in [-0.3, -0.25) is 9.69 Å². The predicted octanol–water partition coefficient (Wildman–Crippen LogP) is 2.13. The van der Waals surface area contributed by atoms with E-state index in [1.165, 1.54) is 5.56 Å².